The summed E-state index contributed by atoms with van der Waals surface area (Å²) in [5.41, 5.74) is -0.0472. The smallest absolute Gasteiger partial charge is 0.324 e. The van der Waals surface area contributed by atoms with Gasteiger partial charge in [0.05, 0.1) is 6.10 Å². The summed E-state index contributed by atoms with van der Waals surface area (Å²) < 4.78 is 15.9. The minimum absolute atomic E-state index is 0.0472. The van der Waals surface area contributed by atoms with E-state index < -0.39 is 7.60 Å². The zero-order valence-electron chi connectivity index (χ0n) is 8.50. The Hall–Kier alpha value is 0.150. The van der Waals surface area contributed by atoms with Crippen molar-refractivity contribution in [2.24, 2.45) is 5.41 Å². The quantitative estimate of drug-likeness (QED) is 0.700. The first-order valence-electron chi connectivity index (χ1n) is 4.17. The second-order valence-corrected chi connectivity index (χ2v) is 5.71. The molecule has 2 unspecified atom stereocenters. The van der Waals surface area contributed by atoms with Gasteiger partial charge in [-0.25, -0.2) is 0 Å². The molecule has 4 heteroatoms. The second kappa shape index (κ2) is 3.91. The Morgan fingerprint density at radius 2 is 2.00 bits per heavy atom. The van der Waals surface area contributed by atoms with Crippen LogP contribution >= 0.6 is 7.60 Å². The van der Waals surface area contributed by atoms with Crippen molar-refractivity contribution in [3.63, 3.8) is 0 Å². The molecule has 0 bridgehead atoms. The van der Waals surface area contributed by atoms with E-state index in [4.69, 9.17) is 9.42 Å². The van der Waals surface area contributed by atoms with Crippen molar-refractivity contribution in [2.75, 3.05) is 6.66 Å². The molecule has 0 aliphatic heterocycles. The van der Waals surface area contributed by atoms with Crippen molar-refractivity contribution in [3.05, 3.63) is 0 Å². The Labute approximate surface area is 74.7 Å². The van der Waals surface area contributed by atoms with Gasteiger partial charge in [-0.05, 0) is 18.8 Å². The number of hydrogen-bond acceptors (Lipinski definition) is 2. The summed E-state index contributed by atoms with van der Waals surface area (Å²) in [7, 11) is -3.33. The molecule has 0 aliphatic carbocycles. The van der Waals surface area contributed by atoms with Gasteiger partial charge < -0.3 is 9.42 Å². The fourth-order valence-electron chi connectivity index (χ4n) is 0.724. The summed E-state index contributed by atoms with van der Waals surface area (Å²) in [4.78, 5) is 8.98. The molecule has 0 aromatic carbocycles. The Morgan fingerprint density at radius 3 is 2.25 bits per heavy atom. The molecule has 0 spiro atoms. The molecule has 3 nitrogen and oxygen atoms in total. The van der Waals surface area contributed by atoms with Gasteiger partial charge >= 0.3 is 7.60 Å². The van der Waals surface area contributed by atoms with Crippen molar-refractivity contribution in [2.45, 2.75) is 40.2 Å². The molecule has 0 saturated heterocycles. The van der Waals surface area contributed by atoms with Crippen LogP contribution in [0.25, 0.3) is 0 Å². The van der Waals surface area contributed by atoms with Gasteiger partial charge in [-0.2, -0.15) is 0 Å². The number of rotatable bonds is 4. The van der Waals surface area contributed by atoms with Crippen LogP contribution in [0.15, 0.2) is 0 Å². The van der Waals surface area contributed by atoms with E-state index in [0.717, 1.165) is 6.42 Å². The van der Waals surface area contributed by atoms with Crippen LogP contribution in [0, 0.1) is 5.41 Å². The molecule has 2 atom stereocenters. The summed E-state index contributed by atoms with van der Waals surface area (Å²) in [5, 5.41) is 0. The predicted octanol–water partition coefficient (Wildman–Crippen LogP) is 2.64. The van der Waals surface area contributed by atoms with E-state index in [2.05, 4.69) is 0 Å². The first-order chi connectivity index (χ1) is 5.19. The molecule has 12 heavy (non-hydrogen) atoms. The lowest BCUT2D eigenvalue weighted by molar-refractivity contribution is 0.0755. The van der Waals surface area contributed by atoms with E-state index >= 15 is 0 Å². The zero-order chi connectivity index (χ0) is 9.99. The molecular weight excluding hydrogens is 175 g/mol. The van der Waals surface area contributed by atoms with Crippen LogP contribution in [0.4, 0.5) is 0 Å². The Balaban J connectivity index is 4.22. The Bertz CT molecular complexity index is 183. The van der Waals surface area contributed by atoms with Gasteiger partial charge in [0.1, 0.15) is 0 Å². The van der Waals surface area contributed by atoms with Crippen LogP contribution in [0.1, 0.15) is 34.1 Å². The molecule has 0 heterocycles. The minimum atomic E-state index is -3.33. The maximum Gasteiger partial charge on any atom is 0.325 e. The third kappa shape index (κ3) is 4.24. The van der Waals surface area contributed by atoms with Crippen molar-refractivity contribution in [3.8, 4) is 0 Å². The third-order valence-electron chi connectivity index (χ3n) is 2.37. The van der Waals surface area contributed by atoms with Crippen molar-refractivity contribution < 1.29 is 14.0 Å². The first kappa shape index (κ1) is 12.2. The standard InChI is InChI=1S/C8H19O3P/c1-6-8(3,4)7(2)11-12(5,9)10/h7H,6H2,1-5H3,(H,9,10). The number of hydrogen-bond donors (Lipinski definition) is 1. The highest BCUT2D eigenvalue weighted by atomic mass is 31.2. The molecular formula is C8H19O3P. The predicted molar refractivity (Wildman–Crippen MR) is 50.4 cm³/mol. The first-order valence-corrected chi connectivity index (χ1v) is 6.20. The topological polar surface area (TPSA) is 46.5 Å². The van der Waals surface area contributed by atoms with E-state index in [0.29, 0.717) is 0 Å². The van der Waals surface area contributed by atoms with Crippen LogP contribution in [0.5, 0.6) is 0 Å². The summed E-state index contributed by atoms with van der Waals surface area (Å²) in [6, 6.07) is 0. The minimum Gasteiger partial charge on any atom is -0.324 e. The van der Waals surface area contributed by atoms with Gasteiger partial charge in [-0.15, -0.1) is 0 Å². The summed E-state index contributed by atoms with van der Waals surface area (Å²) in [5.74, 6) is 0. The second-order valence-electron chi connectivity index (χ2n) is 3.89. The van der Waals surface area contributed by atoms with Crippen molar-refractivity contribution >= 4 is 7.60 Å². The van der Waals surface area contributed by atoms with Gasteiger partial charge in [0.15, 0.2) is 0 Å². The largest absolute Gasteiger partial charge is 0.325 e. The summed E-state index contributed by atoms with van der Waals surface area (Å²) in [6.45, 7) is 9.13. The van der Waals surface area contributed by atoms with Crippen molar-refractivity contribution in [1.29, 1.82) is 0 Å². The maximum absolute atomic E-state index is 10.9. The molecule has 0 rings (SSSR count). The monoisotopic (exact) mass is 194 g/mol. The van der Waals surface area contributed by atoms with Crippen LogP contribution in [0.2, 0.25) is 0 Å². The molecule has 0 amide bonds. The van der Waals surface area contributed by atoms with Crippen LogP contribution < -0.4 is 0 Å². The zero-order valence-corrected chi connectivity index (χ0v) is 9.39. The van der Waals surface area contributed by atoms with Gasteiger partial charge in [0.2, 0.25) is 0 Å². The summed E-state index contributed by atoms with van der Waals surface area (Å²) in [6.07, 6.45) is 0.733. The van der Waals surface area contributed by atoms with E-state index in [-0.39, 0.29) is 11.5 Å². The normalized spacial score (nSPS) is 20.2. The molecule has 0 saturated carbocycles. The lowest BCUT2D eigenvalue weighted by Crippen LogP contribution is -2.27. The SMILES string of the molecule is CCC(C)(C)C(C)OP(C)(=O)O. The van der Waals surface area contributed by atoms with E-state index in [1.54, 1.807) is 0 Å². The third-order valence-corrected chi connectivity index (χ3v) is 3.07. The van der Waals surface area contributed by atoms with E-state index in [9.17, 15) is 4.57 Å². The Morgan fingerprint density at radius 1 is 1.58 bits per heavy atom. The maximum atomic E-state index is 10.9. The average molecular weight is 194 g/mol. The Kier molecular flexibility index (Phi) is 3.95. The molecule has 0 radical (unpaired) electrons. The fourth-order valence-corrected chi connectivity index (χ4v) is 1.60. The van der Waals surface area contributed by atoms with Crippen molar-refractivity contribution in [1.82, 2.24) is 0 Å². The highest BCUT2D eigenvalue weighted by Crippen LogP contribution is 2.42. The van der Waals surface area contributed by atoms with Gasteiger partial charge in [0, 0.05) is 6.66 Å². The molecule has 0 aliphatic rings. The van der Waals surface area contributed by atoms with Gasteiger partial charge in [-0.1, -0.05) is 20.8 Å². The van der Waals surface area contributed by atoms with E-state index in [1.807, 2.05) is 27.7 Å². The lowest BCUT2D eigenvalue weighted by Gasteiger charge is -2.30. The highest BCUT2D eigenvalue weighted by molar-refractivity contribution is 7.51. The molecule has 74 valence electrons. The lowest BCUT2D eigenvalue weighted by atomic mass is 9.85. The molecule has 0 fully saturated rings. The van der Waals surface area contributed by atoms with Gasteiger partial charge in [0.25, 0.3) is 0 Å². The van der Waals surface area contributed by atoms with E-state index in [1.165, 1.54) is 6.66 Å². The van der Waals surface area contributed by atoms with Gasteiger partial charge in [-0.3, -0.25) is 4.57 Å². The van der Waals surface area contributed by atoms with Crippen LogP contribution in [-0.2, 0) is 9.09 Å². The molecule has 1 N–H and O–H groups in total. The summed E-state index contributed by atoms with van der Waals surface area (Å²) >= 11 is 0. The fraction of sp³-hybridized carbons (Fsp3) is 1.00. The highest BCUT2D eigenvalue weighted by Gasteiger charge is 2.28. The average Bonchev–Trinajstić information content (AvgIpc) is 1.84. The molecule has 0 aromatic rings. The molecule has 0 aromatic heterocycles. The van der Waals surface area contributed by atoms with Crippen LogP contribution in [-0.4, -0.2) is 17.7 Å². The van der Waals surface area contributed by atoms with Crippen LogP contribution in [0.3, 0.4) is 0 Å².